The van der Waals surface area contributed by atoms with E-state index < -0.39 is 19.2 Å². The molecule has 1 aliphatic heterocycles. The first-order valence-corrected chi connectivity index (χ1v) is 8.56. The maximum atomic E-state index is 12.9. The second-order valence-corrected chi connectivity index (χ2v) is 7.36. The van der Waals surface area contributed by atoms with Crippen LogP contribution in [-0.2, 0) is 23.1 Å². The molecule has 0 aromatic rings. The van der Waals surface area contributed by atoms with Crippen molar-refractivity contribution in [1.82, 2.24) is 0 Å². The lowest BCUT2D eigenvalue weighted by Gasteiger charge is -2.38. The Balaban J connectivity index is 3.08. The standard InChI is InChI=1S/C13H25O5P/c1-6-16-19(15,17-7-2)12-11(9(3)4)8-10(5)18-13(12)14/h9-12H,6-8H2,1-5H3/t10-,11+,12+/m0/s1. The summed E-state index contributed by atoms with van der Waals surface area (Å²) in [6.07, 6.45) is 0.547. The van der Waals surface area contributed by atoms with Crippen LogP contribution < -0.4 is 0 Å². The van der Waals surface area contributed by atoms with Gasteiger partial charge in [0.2, 0.25) is 0 Å². The summed E-state index contributed by atoms with van der Waals surface area (Å²) < 4.78 is 28.8. The molecule has 1 saturated heterocycles. The van der Waals surface area contributed by atoms with Gasteiger partial charge in [-0.05, 0) is 39.0 Å². The Morgan fingerprint density at radius 3 is 2.26 bits per heavy atom. The zero-order valence-corrected chi connectivity index (χ0v) is 13.3. The fraction of sp³-hybridized carbons (Fsp3) is 0.923. The van der Waals surface area contributed by atoms with E-state index in [9.17, 15) is 9.36 Å². The Morgan fingerprint density at radius 1 is 1.32 bits per heavy atom. The minimum Gasteiger partial charge on any atom is -0.462 e. The highest BCUT2D eigenvalue weighted by Gasteiger charge is 2.51. The van der Waals surface area contributed by atoms with E-state index in [1.807, 2.05) is 20.8 Å². The van der Waals surface area contributed by atoms with Crippen molar-refractivity contribution >= 4 is 13.6 Å². The largest absolute Gasteiger partial charge is 0.462 e. The number of hydrogen-bond donors (Lipinski definition) is 0. The summed E-state index contributed by atoms with van der Waals surface area (Å²) >= 11 is 0. The van der Waals surface area contributed by atoms with Crippen LogP contribution in [0.2, 0.25) is 0 Å². The molecule has 6 heteroatoms. The Morgan fingerprint density at radius 2 is 1.84 bits per heavy atom. The van der Waals surface area contributed by atoms with Gasteiger partial charge >= 0.3 is 13.6 Å². The van der Waals surface area contributed by atoms with Gasteiger partial charge in [0.15, 0.2) is 5.66 Å². The Labute approximate surface area is 115 Å². The Bertz CT molecular complexity index is 345. The molecule has 0 aliphatic carbocycles. The third-order valence-corrected chi connectivity index (χ3v) is 5.89. The first-order chi connectivity index (χ1) is 8.85. The second-order valence-electron chi connectivity index (χ2n) is 5.21. The quantitative estimate of drug-likeness (QED) is 0.555. The zero-order valence-electron chi connectivity index (χ0n) is 12.4. The normalized spacial score (nSPS) is 28.5. The van der Waals surface area contributed by atoms with E-state index in [4.69, 9.17) is 13.8 Å². The molecule has 0 saturated carbocycles. The molecule has 3 atom stereocenters. The molecule has 5 nitrogen and oxygen atoms in total. The fourth-order valence-corrected chi connectivity index (χ4v) is 4.93. The monoisotopic (exact) mass is 292 g/mol. The lowest BCUT2D eigenvalue weighted by molar-refractivity contribution is -0.156. The van der Waals surface area contributed by atoms with E-state index in [1.54, 1.807) is 13.8 Å². The molecule has 1 rings (SSSR count). The lowest BCUT2D eigenvalue weighted by atomic mass is 9.85. The number of carbonyl (C=O) groups excluding carboxylic acids is 1. The van der Waals surface area contributed by atoms with E-state index in [0.29, 0.717) is 6.42 Å². The van der Waals surface area contributed by atoms with Crippen molar-refractivity contribution in [2.45, 2.75) is 52.8 Å². The highest BCUT2D eigenvalue weighted by molar-refractivity contribution is 7.55. The van der Waals surface area contributed by atoms with E-state index >= 15 is 0 Å². The molecule has 0 radical (unpaired) electrons. The Hall–Kier alpha value is -0.380. The van der Waals surface area contributed by atoms with Gasteiger partial charge in [-0.1, -0.05) is 13.8 Å². The van der Waals surface area contributed by atoms with Crippen molar-refractivity contribution in [3.8, 4) is 0 Å². The number of ether oxygens (including phenoxy) is 1. The van der Waals surface area contributed by atoms with Crippen LogP contribution in [0.4, 0.5) is 0 Å². The molecule has 1 heterocycles. The molecular formula is C13H25O5P. The summed E-state index contributed by atoms with van der Waals surface area (Å²) in [5, 5.41) is 0. The minimum atomic E-state index is -3.46. The number of esters is 1. The van der Waals surface area contributed by atoms with Crippen LogP contribution in [0.25, 0.3) is 0 Å². The van der Waals surface area contributed by atoms with Crippen molar-refractivity contribution in [2.75, 3.05) is 13.2 Å². The van der Waals surface area contributed by atoms with E-state index in [-0.39, 0.29) is 31.2 Å². The molecule has 0 aromatic heterocycles. The first-order valence-electron chi connectivity index (χ1n) is 6.95. The van der Waals surface area contributed by atoms with Crippen molar-refractivity contribution in [3.05, 3.63) is 0 Å². The SMILES string of the molecule is CCOP(=O)(OCC)[C@H]1C(=O)O[C@@H](C)C[C@@H]1C(C)C. The summed E-state index contributed by atoms with van der Waals surface area (Å²) in [6, 6.07) is 0. The summed E-state index contributed by atoms with van der Waals surface area (Å²) in [5.41, 5.74) is -0.802. The summed E-state index contributed by atoms with van der Waals surface area (Å²) in [7, 11) is -3.46. The van der Waals surface area contributed by atoms with Crippen LogP contribution in [0.1, 0.15) is 41.0 Å². The molecule has 0 aromatic carbocycles. The topological polar surface area (TPSA) is 61.8 Å². The van der Waals surface area contributed by atoms with Crippen molar-refractivity contribution in [3.63, 3.8) is 0 Å². The zero-order chi connectivity index (χ0) is 14.6. The van der Waals surface area contributed by atoms with Crippen LogP contribution in [0, 0.1) is 11.8 Å². The predicted octanol–water partition coefficient (Wildman–Crippen LogP) is 3.23. The van der Waals surface area contributed by atoms with Crippen LogP contribution in [0.3, 0.4) is 0 Å². The maximum Gasteiger partial charge on any atom is 0.345 e. The number of cyclic esters (lactones) is 1. The molecule has 1 aliphatic rings. The van der Waals surface area contributed by atoms with Crippen molar-refractivity contribution < 1.29 is 23.1 Å². The molecule has 1 fully saturated rings. The van der Waals surface area contributed by atoms with Crippen LogP contribution in [0.5, 0.6) is 0 Å². The number of hydrogen-bond acceptors (Lipinski definition) is 5. The molecule has 0 bridgehead atoms. The summed E-state index contributed by atoms with van der Waals surface area (Å²) in [5.74, 6) is -0.280. The van der Waals surface area contributed by atoms with Gasteiger partial charge in [-0.25, -0.2) is 0 Å². The molecule has 0 amide bonds. The number of carbonyl (C=O) groups is 1. The van der Waals surface area contributed by atoms with Gasteiger partial charge in [0.05, 0.1) is 19.3 Å². The molecule has 0 N–H and O–H groups in total. The number of rotatable bonds is 6. The third-order valence-electron chi connectivity index (χ3n) is 3.38. The van der Waals surface area contributed by atoms with Crippen LogP contribution >= 0.6 is 7.60 Å². The van der Waals surface area contributed by atoms with Crippen molar-refractivity contribution in [1.29, 1.82) is 0 Å². The van der Waals surface area contributed by atoms with Gasteiger partial charge in [0.25, 0.3) is 0 Å². The van der Waals surface area contributed by atoms with Crippen LogP contribution in [0.15, 0.2) is 0 Å². The summed E-state index contributed by atoms with van der Waals surface area (Å²) in [4.78, 5) is 12.2. The molecule has 112 valence electrons. The average molecular weight is 292 g/mol. The van der Waals surface area contributed by atoms with E-state index in [2.05, 4.69) is 0 Å². The molecule has 0 unspecified atom stereocenters. The molecule has 0 spiro atoms. The smallest absolute Gasteiger partial charge is 0.345 e. The maximum absolute atomic E-state index is 12.9. The lowest BCUT2D eigenvalue weighted by Crippen LogP contribution is -2.43. The second kappa shape index (κ2) is 6.87. The Kier molecular flexibility index (Phi) is 6.03. The van der Waals surface area contributed by atoms with Gasteiger partial charge in [0.1, 0.15) is 0 Å². The van der Waals surface area contributed by atoms with Gasteiger partial charge in [-0.2, -0.15) is 0 Å². The highest BCUT2D eigenvalue weighted by Crippen LogP contribution is 2.58. The van der Waals surface area contributed by atoms with Gasteiger partial charge < -0.3 is 13.8 Å². The molecular weight excluding hydrogens is 267 g/mol. The third kappa shape index (κ3) is 3.80. The van der Waals surface area contributed by atoms with Gasteiger partial charge in [-0.15, -0.1) is 0 Å². The minimum absolute atomic E-state index is 0.0415. The molecule has 19 heavy (non-hydrogen) atoms. The van der Waals surface area contributed by atoms with Crippen LogP contribution in [-0.4, -0.2) is 30.9 Å². The predicted molar refractivity (Wildman–Crippen MR) is 73.1 cm³/mol. The highest BCUT2D eigenvalue weighted by atomic mass is 31.2. The van der Waals surface area contributed by atoms with Gasteiger partial charge in [0, 0.05) is 0 Å². The fourth-order valence-electron chi connectivity index (χ4n) is 2.56. The summed E-state index contributed by atoms with van der Waals surface area (Å²) in [6.45, 7) is 9.88. The van der Waals surface area contributed by atoms with Crippen molar-refractivity contribution in [2.24, 2.45) is 11.8 Å². The first kappa shape index (κ1) is 16.7. The van der Waals surface area contributed by atoms with Gasteiger partial charge in [-0.3, -0.25) is 9.36 Å². The van der Waals surface area contributed by atoms with E-state index in [0.717, 1.165) is 0 Å². The van der Waals surface area contributed by atoms with E-state index in [1.165, 1.54) is 0 Å². The average Bonchev–Trinajstić information content (AvgIpc) is 2.27.